The number of carboxylic acids is 1. The number of hydrogen-bond acceptors (Lipinski definition) is 21. The fourth-order valence-corrected chi connectivity index (χ4v) is 4.82. The van der Waals surface area contributed by atoms with Gasteiger partial charge in [0.05, 0.1) is 6.61 Å². The molecule has 0 aromatic rings. The van der Waals surface area contributed by atoms with Gasteiger partial charge in [0, 0.05) is 19.9 Å². The van der Waals surface area contributed by atoms with Crippen molar-refractivity contribution in [1.82, 2.24) is 4.72 Å². The third-order valence-electron chi connectivity index (χ3n) is 4.79. The van der Waals surface area contributed by atoms with E-state index in [1.165, 1.54) is 4.72 Å². The maximum Gasteiger partial charge on any atom is 1.00 e. The Morgan fingerprint density at radius 2 is 1.42 bits per heavy atom. The van der Waals surface area contributed by atoms with Crippen LogP contribution in [0.1, 0.15) is 13.8 Å². The summed E-state index contributed by atoms with van der Waals surface area (Å²) in [6, 6.07) is -2.28. The van der Waals surface area contributed by atoms with Crippen molar-refractivity contribution in [2.75, 3.05) is 6.61 Å². The third-order valence-corrected chi connectivity index (χ3v) is 6.23. The molecule has 236 valence electrons. The largest absolute Gasteiger partial charge is 1.00 e. The molecule has 0 saturated carbocycles. The summed E-state index contributed by atoms with van der Waals surface area (Å²) in [5.41, 5.74) is 0. The minimum absolute atomic E-state index is 0. The fourth-order valence-electron chi connectivity index (χ4n) is 3.46. The van der Waals surface area contributed by atoms with Gasteiger partial charge in [-0.1, -0.05) is 0 Å². The molecule has 2 rings (SSSR count). The van der Waals surface area contributed by atoms with Crippen molar-refractivity contribution in [3.63, 3.8) is 0 Å². The van der Waals surface area contributed by atoms with Gasteiger partial charge in [-0.2, -0.15) is 0 Å². The van der Waals surface area contributed by atoms with E-state index in [0.29, 0.717) is 6.08 Å². The van der Waals surface area contributed by atoms with Gasteiger partial charge in [0.1, 0.15) is 36.1 Å². The number of nitrogens with one attached hydrogen (secondary N) is 1. The van der Waals surface area contributed by atoms with Crippen molar-refractivity contribution in [1.29, 1.82) is 0 Å². The molecule has 22 nitrogen and oxygen atoms in total. The summed E-state index contributed by atoms with van der Waals surface area (Å²) >= 11 is 0. The molecule has 0 bridgehead atoms. The van der Waals surface area contributed by atoms with Gasteiger partial charge in [-0.3, -0.25) is 18.0 Å². The van der Waals surface area contributed by atoms with Gasteiger partial charge in [0.2, 0.25) is 33.4 Å². The van der Waals surface area contributed by atoms with Gasteiger partial charge in [-0.15, -0.1) is 0 Å². The van der Waals surface area contributed by atoms with Crippen molar-refractivity contribution < 1.29 is 214 Å². The molecule has 0 aromatic heterocycles. The Balaban J connectivity index is -0.00000441. The molecule has 1 fully saturated rings. The number of ether oxygens (including phenoxy) is 5. The summed E-state index contributed by atoms with van der Waals surface area (Å²) in [6.45, 7) is 0.126. The number of carbonyl (C=O) groups is 3. The van der Waals surface area contributed by atoms with E-state index in [2.05, 4.69) is 13.1 Å². The zero-order valence-corrected chi connectivity index (χ0v) is 34.7. The van der Waals surface area contributed by atoms with Gasteiger partial charge in [0.25, 0.3) is 0 Å². The van der Waals surface area contributed by atoms with Crippen molar-refractivity contribution >= 4 is 49.0 Å². The predicted octanol–water partition coefficient (Wildman–Crippen LogP) is -18.3. The molecular weight excluding hydrogens is 730 g/mol. The molecule has 0 radical (unpaired) electrons. The van der Waals surface area contributed by atoms with Crippen molar-refractivity contribution in [2.24, 2.45) is 0 Å². The van der Waals surface area contributed by atoms with Gasteiger partial charge in [0.15, 0.2) is 22.5 Å². The quantitative estimate of drug-likeness (QED) is 0.0809. The monoisotopic (exact) mass is 749 g/mol. The molecule has 0 aliphatic carbocycles. The molecular formula is C16H19NNa4O21S3. The van der Waals surface area contributed by atoms with Crippen LogP contribution in [0.15, 0.2) is 11.8 Å². The van der Waals surface area contributed by atoms with E-state index < -0.39 is 111 Å². The smallest absolute Gasteiger partial charge is 0.735 e. The molecule has 29 heteroatoms. The Labute approximate surface area is 344 Å². The molecule has 2 aliphatic heterocycles. The van der Waals surface area contributed by atoms with E-state index in [4.69, 9.17) is 18.9 Å². The van der Waals surface area contributed by atoms with Gasteiger partial charge < -0.3 is 52.4 Å². The maximum absolute atomic E-state index is 11.5. The Hall–Kier alpha value is 1.44. The summed E-state index contributed by atoms with van der Waals surface area (Å²) in [5, 5.41) is 22.3. The summed E-state index contributed by atoms with van der Waals surface area (Å²) in [6.07, 6.45) is -15.8. The standard InChI is InChI=1S/C16H23NO21S3.4Na/c1-5(18)33-7-3-8(14(21)22)35-16(13(7)38-41(29,30)31)37-12-9(4-32-40(26,27)28)36-15(34-6(2)19)10(11(12)20)17-39(23,24)25;;;;/h3,7,9-13,15-17,20H,4H2,1-2H3,(H,21,22)(H,23,24,25)(H,26,27,28)(H,29,30,31);;;;/q;4*+1/p-4/t7-,9+,10+,11+,12+,13+,15-,16-;;;;/m0..../s1. The summed E-state index contributed by atoms with van der Waals surface area (Å²) in [5.74, 6) is -5.75. The predicted molar refractivity (Wildman–Crippen MR) is 112 cm³/mol. The van der Waals surface area contributed by atoms with Crippen LogP contribution in [-0.2, 0) is 77.5 Å². The molecule has 0 aromatic carbocycles. The number of rotatable bonds is 12. The summed E-state index contributed by atoms with van der Waals surface area (Å²) in [7, 11) is -16.8. The van der Waals surface area contributed by atoms with Crippen LogP contribution in [0.25, 0.3) is 0 Å². The zero-order chi connectivity index (χ0) is 31.5. The number of aliphatic hydroxyl groups excluding tert-OH is 1. The first-order valence-electron chi connectivity index (χ1n) is 10.5. The molecule has 1 saturated heterocycles. The number of carboxylic acid groups (broad SMARTS) is 1. The second kappa shape index (κ2) is 21.0. The van der Waals surface area contributed by atoms with Crippen LogP contribution in [0, 0.1) is 0 Å². The topological polar surface area (TPSA) is 343 Å². The number of hydrogen-bond donors (Lipinski definition) is 2. The van der Waals surface area contributed by atoms with E-state index in [1.807, 2.05) is 0 Å². The SMILES string of the molecule is CC(=O)O[C@H]1O[C@H](COS(=O)(=O)[O-])[C@@H](O[C@@H]2OC(C(=O)[O-])=C[C@H](OC(C)=O)[C@H]2OS(=O)(=O)[O-])[C@H](O)[C@H]1NS(=O)(=O)[O-].[Na+].[Na+].[Na+].[Na+]. The van der Waals surface area contributed by atoms with Gasteiger partial charge >= 0.3 is 130 Å². The molecule has 2 aliphatic rings. The first-order chi connectivity index (χ1) is 18.6. The molecule has 0 unspecified atom stereocenters. The van der Waals surface area contributed by atoms with Crippen molar-refractivity contribution in [2.45, 2.75) is 63.0 Å². The Morgan fingerprint density at radius 3 is 1.84 bits per heavy atom. The van der Waals surface area contributed by atoms with Crippen molar-refractivity contribution in [3.8, 4) is 0 Å². The van der Waals surface area contributed by atoms with E-state index in [9.17, 15) is 63.5 Å². The van der Waals surface area contributed by atoms with Crippen LogP contribution >= 0.6 is 0 Å². The minimum Gasteiger partial charge on any atom is -0.735 e. The number of aliphatic hydroxyl groups is 1. The molecule has 2 N–H and O–H groups in total. The zero-order valence-electron chi connectivity index (χ0n) is 24.2. The van der Waals surface area contributed by atoms with Crippen LogP contribution < -0.4 is 128 Å². The maximum atomic E-state index is 11.5. The number of carbonyl (C=O) groups excluding carboxylic acids is 3. The number of aliphatic carboxylic acids is 1. The average Bonchev–Trinajstić information content (AvgIpc) is 2.75. The van der Waals surface area contributed by atoms with E-state index in [0.717, 1.165) is 13.8 Å². The van der Waals surface area contributed by atoms with E-state index >= 15 is 0 Å². The van der Waals surface area contributed by atoms with Crippen LogP contribution in [0.2, 0.25) is 0 Å². The summed E-state index contributed by atoms with van der Waals surface area (Å²) in [4.78, 5) is 34.4. The second-order valence-electron chi connectivity index (χ2n) is 7.88. The second-order valence-corrected chi connectivity index (χ2v) is 11.1. The van der Waals surface area contributed by atoms with Crippen molar-refractivity contribution in [3.05, 3.63) is 11.8 Å². The fraction of sp³-hybridized carbons (Fsp3) is 0.688. The normalized spacial score (nSPS) is 28.2. The summed E-state index contributed by atoms with van der Waals surface area (Å²) < 4.78 is 135. The first kappa shape index (κ1) is 50.8. The Morgan fingerprint density at radius 1 is 0.889 bits per heavy atom. The molecule has 2 heterocycles. The molecule has 8 atom stereocenters. The molecule has 0 spiro atoms. The average molecular weight is 749 g/mol. The third kappa shape index (κ3) is 17.8. The minimum atomic E-state index is -5.74. The van der Waals surface area contributed by atoms with Crippen LogP contribution in [0.3, 0.4) is 0 Å². The van der Waals surface area contributed by atoms with Gasteiger partial charge in [-0.25, -0.2) is 30.0 Å². The molecule has 45 heavy (non-hydrogen) atoms. The van der Waals surface area contributed by atoms with E-state index in [-0.39, 0.29) is 118 Å². The first-order valence-corrected chi connectivity index (χ1v) is 14.5. The molecule has 0 amide bonds. The Bertz CT molecular complexity index is 1370. The van der Waals surface area contributed by atoms with Crippen LogP contribution in [0.5, 0.6) is 0 Å². The number of esters is 2. The van der Waals surface area contributed by atoms with Gasteiger partial charge in [-0.05, 0) is 0 Å². The Kier molecular flexibility index (Phi) is 23.7. The van der Waals surface area contributed by atoms with Crippen LogP contribution in [-0.4, -0.2) is 118 Å². The van der Waals surface area contributed by atoms with E-state index in [1.54, 1.807) is 0 Å². The van der Waals surface area contributed by atoms with Crippen LogP contribution in [0.4, 0.5) is 0 Å².